The third-order valence-electron chi connectivity index (χ3n) is 3.32. The van der Waals surface area contributed by atoms with Crippen molar-refractivity contribution in [2.75, 3.05) is 25.0 Å². The van der Waals surface area contributed by atoms with E-state index in [1.807, 2.05) is 6.92 Å². The maximum atomic E-state index is 13.0. The standard InChI is InChI=1S/C16H23FN2O3/c1-3-4-5-8-19(9-10-20)16(22)15(21)18-14-7-6-13(17)11-12(14)2/h6-7,11,20H,3-5,8-10H2,1-2H3,(H,18,21). The van der Waals surface area contributed by atoms with Gasteiger partial charge in [-0.2, -0.15) is 0 Å². The molecule has 2 N–H and O–H groups in total. The van der Waals surface area contributed by atoms with Crippen LogP contribution in [0.5, 0.6) is 0 Å². The van der Waals surface area contributed by atoms with Crippen molar-refractivity contribution < 1.29 is 19.1 Å². The molecule has 22 heavy (non-hydrogen) atoms. The van der Waals surface area contributed by atoms with E-state index in [1.165, 1.54) is 23.1 Å². The Morgan fingerprint density at radius 3 is 2.59 bits per heavy atom. The Morgan fingerprint density at radius 1 is 1.27 bits per heavy atom. The van der Waals surface area contributed by atoms with Gasteiger partial charge in [0.25, 0.3) is 0 Å². The fraction of sp³-hybridized carbons (Fsp3) is 0.500. The predicted molar refractivity (Wildman–Crippen MR) is 83.0 cm³/mol. The van der Waals surface area contributed by atoms with E-state index in [1.54, 1.807) is 6.92 Å². The minimum atomic E-state index is -0.778. The smallest absolute Gasteiger partial charge is 0.313 e. The van der Waals surface area contributed by atoms with Gasteiger partial charge >= 0.3 is 11.8 Å². The number of carbonyl (C=O) groups is 2. The van der Waals surface area contributed by atoms with Gasteiger partial charge in [-0.15, -0.1) is 0 Å². The van der Waals surface area contributed by atoms with Crippen LogP contribution in [-0.2, 0) is 9.59 Å². The quantitative estimate of drug-likeness (QED) is 0.598. The molecule has 0 fully saturated rings. The molecule has 5 nitrogen and oxygen atoms in total. The lowest BCUT2D eigenvalue weighted by molar-refractivity contribution is -0.143. The largest absolute Gasteiger partial charge is 0.395 e. The van der Waals surface area contributed by atoms with Gasteiger partial charge in [0, 0.05) is 18.8 Å². The summed E-state index contributed by atoms with van der Waals surface area (Å²) in [4.78, 5) is 25.5. The van der Waals surface area contributed by atoms with E-state index in [-0.39, 0.29) is 13.2 Å². The van der Waals surface area contributed by atoms with Crippen molar-refractivity contribution in [3.05, 3.63) is 29.6 Å². The normalized spacial score (nSPS) is 10.4. The first-order valence-corrected chi connectivity index (χ1v) is 7.46. The number of nitrogens with zero attached hydrogens (tertiary/aromatic N) is 1. The second-order valence-electron chi connectivity index (χ2n) is 5.14. The highest BCUT2D eigenvalue weighted by Gasteiger charge is 2.21. The number of hydrogen-bond donors (Lipinski definition) is 2. The summed E-state index contributed by atoms with van der Waals surface area (Å²) in [6, 6.07) is 3.93. The molecule has 122 valence electrons. The van der Waals surface area contributed by atoms with Crippen molar-refractivity contribution in [1.29, 1.82) is 0 Å². The number of amides is 2. The van der Waals surface area contributed by atoms with Gasteiger partial charge in [0.1, 0.15) is 5.82 Å². The number of anilines is 1. The van der Waals surface area contributed by atoms with Gasteiger partial charge in [-0.05, 0) is 37.1 Å². The van der Waals surface area contributed by atoms with Gasteiger partial charge < -0.3 is 15.3 Å². The molecule has 1 aromatic rings. The Kier molecular flexibility index (Phi) is 7.52. The molecule has 0 radical (unpaired) electrons. The van der Waals surface area contributed by atoms with Crippen molar-refractivity contribution in [1.82, 2.24) is 4.90 Å². The monoisotopic (exact) mass is 310 g/mol. The molecule has 0 unspecified atom stereocenters. The number of hydrogen-bond acceptors (Lipinski definition) is 3. The number of unbranched alkanes of at least 4 members (excludes halogenated alkanes) is 2. The summed E-state index contributed by atoms with van der Waals surface area (Å²) in [6.45, 7) is 4.06. The van der Waals surface area contributed by atoms with Crippen molar-refractivity contribution in [3.63, 3.8) is 0 Å². The molecule has 6 heteroatoms. The molecule has 0 aromatic heterocycles. The highest BCUT2D eigenvalue weighted by atomic mass is 19.1. The number of rotatable bonds is 7. The lowest BCUT2D eigenvalue weighted by Gasteiger charge is -2.21. The zero-order valence-electron chi connectivity index (χ0n) is 13.1. The zero-order chi connectivity index (χ0) is 16.5. The molecule has 0 saturated carbocycles. The van der Waals surface area contributed by atoms with Crippen LogP contribution < -0.4 is 5.32 Å². The molecular formula is C16H23FN2O3. The fourth-order valence-electron chi connectivity index (χ4n) is 2.07. The molecule has 0 bridgehead atoms. The molecule has 0 spiro atoms. The third kappa shape index (κ3) is 5.44. The predicted octanol–water partition coefficient (Wildman–Crippen LogP) is 2.08. The lowest BCUT2D eigenvalue weighted by atomic mass is 10.2. The number of aliphatic hydroxyl groups excluding tert-OH is 1. The fourth-order valence-corrected chi connectivity index (χ4v) is 2.07. The Labute approximate surface area is 130 Å². The van der Waals surface area contributed by atoms with E-state index in [2.05, 4.69) is 5.32 Å². The number of benzene rings is 1. The molecular weight excluding hydrogens is 287 g/mol. The highest BCUT2D eigenvalue weighted by molar-refractivity contribution is 6.39. The number of halogens is 1. The first kappa shape index (κ1) is 18.1. The third-order valence-corrected chi connectivity index (χ3v) is 3.32. The van der Waals surface area contributed by atoms with E-state index in [4.69, 9.17) is 5.11 Å². The lowest BCUT2D eigenvalue weighted by Crippen LogP contribution is -2.41. The summed E-state index contributed by atoms with van der Waals surface area (Å²) in [7, 11) is 0. The van der Waals surface area contributed by atoms with E-state index in [9.17, 15) is 14.0 Å². The number of aliphatic hydroxyl groups is 1. The second kappa shape index (κ2) is 9.15. The SMILES string of the molecule is CCCCCN(CCO)C(=O)C(=O)Nc1ccc(F)cc1C. The molecule has 0 atom stereocenters. The Morgan fingerprint density at radius 2 is 2.00 bits per heavy atom. The minimum absolute atomic E-state index is 0.123. The van der Waals surface area contributed by atoms with Crippen LogP contribution in [0.15, 0.2) is 18.2 Å². The van der Waals surface area contributed by atoms with Gasteiger partial charge in [-0.3, -0.25) is 9.59 Å². The zero-order valence-corrected chi connectivity index (χ0v) is 13.1. The summed E-state index contributed by atoms with van der Waals surface area (Å²) in [5.74, 6) is -1.86. The first-order valence-electron chi connectivity index (χ1n) is 7.46. The summed E-state index contributed by atoms with van der Waals surface area (Å²) in [5.41, 5.74) is 0.943. The van der Waals surface area contributed by atoms with Gasteiger partial charge in [-0.25, -0.2) is 4.39 Å². The Balaban J connectivity index is 2.69. The van der Waals surface area contributed by atoms with Crippen molar-refractivity contribution in [2.24, 2.45) is 0 Å². The van der Waals surface area contributed by atoms with Gasteiger partial charge in [0.05, 0.1) is 6.61 Å². The maximum Gasteiger partial charge on any atom is 0.313 e. The van der Waals surface area contributed by atoms with Gasteiger partial charge in [-0.1, -0.05) is 19.8 Å². The molecule has 1 rings (SSSR count). The molecule has 1 aromatic carbocycles. The van der Waals surface area contributed by atoms with Crippen molar-refractivity contribution in [3.8, 4) is 0 Å². The first-order chi connectivity index (χ1) is 10.5. The van der Waals surface area contributed by atoms with Crippen molar-refractivity contribution >= 4 is 17.5 Å². The molecule has 0 heterocycles. The van der Waals surface area contributed by atoms with E-state index in [0.717, 1.165) is 19.3 Å². The van der Waals surface area contributed by atoms with Crippen LogP contribution in [0.3, 0.4) is 0 Å². The van der Waals surface area contributed by atoms with Gasteiger partial charge in [0.2, 0.25) is 0 Å². The molecule has 0 aliphatic heterocycles. The average molecular weight is 310 g/mol. The topological polar surface area (TPSA) is 69.6 Å². The van der Waals surface area contributed by atoms with Crippen LogP contribution in [0.25, 0.3) is 0 Å². The number of carbonyl (C=O) groups excluding carboxylic acids is 2. The highest BCUT2D eigenvalue weighted by Crippen LogP contribution is 2.15. The number of nitrogens with one attached hydrogen (secondary N) is 1. The minimum Gasteiger partial charge on any atom is -0.395 e. The van der Waals surface area contributed by atoms with E-state index < -0.39 is 17.6 Å². The van der Waals surface area contributed by atoms with Crippen LogP contribution in [0.2, 0.25) is 0 Å². The van der Waals surface area contributed by atoms with Crippen LogP contribution in [0.1, 0.15) is 31.7 Å². The summed E-state index contributed by atoms with van der Waals surface area (Å²) >= 11 is 0. The van der Waals surface area contributed by atoms with Crippen LogP contribution in [-0.4, -0.2) is 41.5 Å². The molecule has 2 amide bonds. The summed E-state index contributed by atoms with van der Waals surface area (Å²) in [6.07, 6.45) is 2.74. The van der Waals surface area contributed by atoms with E-state index in [0.29, 0.717) is 17.8 Å². The molecule has 0 aliphatic rings. The van der Waals surface area contributed by atoms with E-state index >= 15 is 0 Å². The summed E-state index contributed by atoms with van der Waals surface area (Å²) in [5, 5.41) is 11.5. The van der Waals surface area contributed by atoms with Crippen LogP contribution in [0, 0.1) is 12.7 Å². The second-order valence-corrected chi connectivity index (χ2v) is 5.14. The Hall–Kier alpha value is -1.95. The molecule has 0 saturated heterocycles. The Bertz CT molecular complexity index is 520. The maximum absolute atomic E-state index is 13.0. The average Bonchev–Trinajstić information content (AvgIpc) is 2.48. The molecule has 0 aliphatic carbocycles. The van der Waals surface area contributed by atoms with Crippen LogP contribution in [0.4, 0.5) is 10.1 Å². The number of aryl methyl sites for hydroxylation is 1. The van der Waals surface area contributed by atoms with Crippen LogP contribution >= 0.6 is 0 Å². The summed E-state index contributed by atoms with van der Waals surface area (Å²) < 4.78 is 13.0. The van der Waals surface area contributed by atoms with Gasteiger partial charge in [0.15, 0.2) is 0 Å². The van der Waals surface area contributed by atoms with Crippen molar-refractivity contribution in [2.45, 2.75) is 33.1 Å².